The van der Waals surface area contributed by atoms with E-state index in [1.807, 2.05) is 30.0 Å². The van der Waals surface area contributed by atoms with Gasteiger partial charge in [-0.15, -0.1) is 11.3 Å². The zero-order chi connectivity index (χ0) is 17.2. The van der Waals surface area contributed by atoms with E-state index in [4.69, 9.17) is 9.47 Å². The fourth-order valence-corrected chi connectivity index (χ4v) is 4.16. The fourth-order valence-electron chi connectivity index (χ4n) is 3.28. The van der Waals surface area contributed by atoms with Gasteiger partial charge in [0.15, 0.2) is 11.5 Å². The highest BCUT2D eigenvalue weighted by atomic mass is 32.1. The van der Waals surface area contributed by atoms with E-state index in [1.54, 1.807) is 11.3 Å². The van der Waals surface area contributed by atoms with Crippen molar-refractivity contribution in [3.8, 4) is 11.5 Å². The molecule has 0 fully saturated rings. The molecule has 0 aliphatic carbocycles. The molecule has 5 nitrogen and oxygen atoms in total. The largest absolute Gasteiger partial charge is 0.490 e. The molecule has 6 heteroatoms. The number of fused-ring (bicyclic) bond motifs is 2. The lowest BCUT2D eigenvalue weighted by molar-refractivity contribution is -0.132. The molecule has 0 saturated heterocycles. The Balaban J connectivity index is 1.42. The lowest BCUT2D eigenvalue weighted by Gasteiger charge is -2.30. The molecule has 0 spiro atoms. The van der Waals surface area contributed by atoms with E-state index in [9.17, 15) is 4.79 Å². The molecule has 4 rings (SSSR count). The number of thiophene rings is 1. The van der Waals surface area contributed by atoms with Crippen molar-refractivity contribution >= 4 is 22.9 Å². The number of carbonyl (C=O) groups excluding carboxylic acids is 1. The Kier molecular flexibility index (Phi) is 4.53. The predicted octanol–water partition coefficient (Wildman–Crippen LogP) is 3.29. The second-order valence-corrected chi connectivity index (χ2v) is 7.46. The van der Waals surface area contributed by atoms with Gasteiger partial charge in [-0.2, -0.15) is 0 Å². The number of ether oxygens (including phenoxy) is 2. The normalized spacial score (nSPS) is 17.4. The van der Waals surface area contributed by atoms with Crippen LogP contribution in [0, 0.1) is 0 Å². The second-order valence-electron chi connectivity index (χ2n) is 6.46. The molecule has 0 unspecified atom stereocenters. The summed E-state index contributed by atoms with van der Waals surface area (Å²) >= 11 is 1.79. The minimum Gasteiger partial charge on any atom is -0.490 e. The average molecular weight is 358 g/mol. The number of carbonyl (C=O) groups is 1. The van der Waals surface area contributed by atoms with Gasteiger partial charge >= 0.3 is 0 Å². The summed E-state index contributed by atoms with van der Waals surface area (Å²) in [7, 11) is 0. The molecule has 1 atom stereocenters. The Morgan fingerprint density at radius 1 is 1.24 bits per heavy atom. The van der Waals surface area contributed by atoms with Crippen molar-refractivity contribution in [2.75, 3.05) is 25.1 Å². The number of nitrogens with one attached hydrogen (secondary N) is 1. The minimum atomic E-state index is -0.287. The van der Waals surface area contributed by atoms with Crippen LogP contribution in [0.4, 0.5) is 5.69 Å². The number of rotatable bonds is 3. The molecular formula is C19H22N2O3S. The van der Waals surface area contributed by atoms with Gasteiger partial charge < -0.3 is 19.7 Å². The summed E-state index contributed by atoms with van der Waals surface area (Å²) in [5.41, 5.74) is 2.16. The zero-order valence-electron chi connectivity index (χ0n) is 14.3. The molecule has 0 bridgehead atoms. The third-order valence-electron chi connectivity index (χ3n) is 4.62. The average Bonchev–Trinajstić information content (AvgIpc) is 2.97. The zero-order valence-corrected chi connectivity index (χ0v) is 15.1. The van der Waals surface area contributed by atoms with Gasteiger partial charge in [-0.05, 0) is 42.5 Å². The van der Waals surface area contributed by atoms with Crippen molar-refractivity contribution in [2.24, 2.45) is 0 Å². The SMILES string of the molecule is C[C@H](Nc1ccc2c(c1)OCCCO2)C(=O)N1CCc2sccc2C1. The van der Waals surface area contributed by atoms with Crippen LogP contribution in [0.15, 0.2) is 29.6 Å². The van der Waals surface area contributed by atoms with E-state index in [0.29, 0.717) is 19.8 Å². The monoisotopic (exact) mass is 358 g/mol. The van der Waals surface area contributed by atoms with Crippen LogP contribution in [0.2, 0.25) is 0 Å². The fraction of sp³-hybridized carbons (Fsp3) is 0.421. The summed E-state index contributed by atoms with van der Waals surface area (Å²) in [5.74, 6) is 1.63. The third-order valence-corrected chi connectivity index (χ3v) is 5.64. The number of nitrogens with zero attached hydrogens (tertiary/aromatic N) is 1. The first-order chi connectivity index (χ1) is 12.2. The van der Waals surface area contributed by atoms with Crippen LogP contribution in [-0.4, -0.2) is 36.6 Å². The van der Waals surface area contributed by atoms with E-state index in [0.717, 1.165) is 36.6 Å². The molecule has 2 aromatic rings. The number of benzene rings is 1. The first-order valence-electron chi connectivity index (χ1n) is 8.71. The highest BCUT2D eigenvalue weighted by Gasteiger charge is 2.25. The number of hydrogen-bond donors (Lipinski definition) is 1. The van der Waals surface area contributed by atoms with Crippen molar-refractivity contribution in [3.63, 3.8) is 0 Å². The minimum absolute atomic E-state index is 0.129. The van der Waals surface area contributed by atoms with Crippen LogP contribution in [0.3, 0.4) is 0 Å². The summed E-state index contributed by atoms with van der Waals surface area (Å²) in [6.45, 7) is 4.74. The Morgan fingerprint density at radius 2 is 2.08 bits per heavy atom. The van der Waals surface area contributed by atoms with E-state index in [2.05, 4.69) is 16.8 Å². The standard InChI is InChI=1S/C19H22N2O3S/c1-13(19(22)21-7-5-18-14(12-21)6-10-25-18)20-15-3-4-16-17(11-15)24-9-2-8-23-16/h3-4,6,10-11,13,20H,2,5,7-9,12H2,1H3/t13-/m0/s1. The first-order valence-corrected chi connectivity index (χ1v) is 9.59. The third kappa shape index (κ3) is 3.44. The first kappa shape index (κ1) is 16.3. The second kappa shape index (κ2) is 6.96. The van der Waals surface area contributed by atoms with E-state index in [-0.39, 0.29) is 11.9 Å². The van der Waals surface area contributed by atoms with Gasteiger partial charge in [-0.25, -0.2) is 0 Å². The molecule has 3 heterocycles. The number of amides is 1. The predicted molar refractivity (Wildman–Crippen MR) is 98.6 cm³/mol. The highest BCUT2D eigenvalue weighted by Crippen LogP contribution is 2.32. The lowest BCUT2D eigenvalue weighted by atomic mass is 10.1. The highest BCUT2D eigenvalue weighted by molar-refractivity contribution is 7.10. The number of anilines is 1. The molecule has 1 aromatic heterocycles. The molecular weight excluding hydrogens is 336 g/mol. The van der Waals surface area contributed by atoms with Gasteiger partial charge in [0.2, 0.25) is 5.91 Å². The quantitative estimate of drug-likeness (QED) is 0.915. The van der Waals surface area contributed by atoms with Crippen molar-refractivity contribution in [3.05, 3.63) is 40.1 Å². The van der Waals surface area contributed by atoms with Crippen LogP contribution in [0.5, 0.6) is 11.5 Å². The summed E-state index contributed by atoms with van der Waals surface area (Å²) in [6.07, 6.45) is 1.83. The van der Waals surface area contributed by atoms with Crippen molar-refractivity contribution in [1.82, 2.24) is 4.90 Å². The van der Waals surface area contributed by atoms with Crippen LogP contribution in [0.25, 0.3) is 0 Å². The molecule has 132 valence electrons. The van der Waals surface area contributed by atoms with Gasteiger partial charge in [0.25, 0.3) is 0 Å². The molecule has 2 aliphatic rings. The summed E-state index contributed by atoms with van der Waals surface area (Å²) in [4.78, 5) is 16.1. The van der Waals surface area contributed by atoms with Crippen LogP contribution in [-0.2, 0) is 17.8 Å². The van der Waals surface area contributed by atoms with Gasteiger partial charge in [-0.3, -0.25) is 4.79 Å². The van der Waals surface area contributed by atoms with Gasteiger partial charge in [0.05, 0.1) is 13.2 Å². The van der Waals surface area contributed by atoms with Gasteiger partial charge in [0.1, 0.15) is 6.04 Å². The maximum atomic E-state index is 12.8. The van der Waals surface area contributed by atoms with Crippen molar-refractivity contribution < 1.29 is 14.3 Å². The molecule has 0 saturated carbocycles. The van der Waals surface area contributed by atoms with E-state index < -0.39 is 0 Å². The molecule has 1 N–H and O–H groups in total. The summed E-state index contributed by atoms with van der Waals surface area (Å²) < 4.78 is 11.4. The van der Waals surface area contributed by atoms with Crippen LogP contribution in [0.1, 0.15) is 23.8 Å². The Bertz CT molecular complexity index is 774. The lowest BCUT2D eigenvalue weighted by Crippen LogP contribution is -2.43. The smallest absolute Gasteiger partial charge is 0.245 e. The Morgan fingerprint density at radius 3 is 2.96 bits per heavy atom. The molecule has 1 aromatic carbocycles. The number of hydrogen-bond acceptors (Lipinski definition) is 5. The van der Waals surface area contributed by atoms with Gasteiger partial charge in [-0.1, -0.05) is 0 Å². The summed E-state index contributed by atoms with van der Waals surface area (Å²) in [6, 6.07) is 7.59. The van der Waals surface area contributed by atoms with Crippen molar-refractivity contribution in [2.45, 2.75) is 32.4 Å². The molecule has 0 radical (unpaired) electrons. The van der Waals surface area contributed by atoms with Crippen LogP contribution < -0.4 is 14.8 Å². The molecule has 1 amide bonds. The van der Waals surface area contributed by atoms with Gasteiger partial charge in [0, 0.05) is 36.1 Å². The maximum Gasteiger partial charge on any atom is 0.245 e. The Labute approximate surface area is 151 Å². The van der Waals surface area contributed by atoms with E-state index in [1.165, 1.54) is 10.4 Å². The molecule has 2 aliphatic heterocycles. The Hall–Kier alpha value is -2.21. The van der Waals surface area contributed by atoms with Crippen LogP contribution >= 0.6 is 11.3 Å². The van der Waals surface area contributed by atoms with Crippen molar-refractivity contribution in [1.29, 1.82) is 0 Å². The molecule has 25 heavy (non-hydrogen) atoms. The maximum absolute atomic E-state index is 12.8. The van der Waals surface area contributed by atoms with E-state index >= 15 is 0 Å². The summed E-state index contributed by atoms with van der Waals surface area (Å²) in [5, 5.41) is 5.41. The topological polar surface area (TPSA) is 50.8 Å².